The number of hydrazine groups is 1. The van der Waals surface area contributed by atoms with Gasteiger partial charge in [0.25, 0.3) is 5.91 Å². The van der Waals surface area contributed by atoms with Crippen LogP contribution in [0.3, 0.4) is 0 Å². The number of ether oxygens (including phenoxy) is 1. The number of amides is 2. The standard InChI is InChI=1S/C23H17Cl2F3N6O4/c1-38-22(37)32-31-20(35)13-9-11-5-2-3-6-12(11)17(25)18(13)30-21(36)15-10-16(23(26,27)28)33-34(15)19-14(24)7-4-8-29-19/h2-10,20,31,35H,1H3,(H,30,36)(H,32,37). The molecule has 0 spiro atoms. The van der Waals surface area contributed by atoms with E-state index < -0.39 is 35.8 Å². The molecular weight excluding hydrogens is 552 g/mol. The van der Waals surface area contributed by atoms with Gasteiger partial charge in [-0.3, -0.25) is 10.2 Å². The molecule has 1 atom stereocenters. The number of carbonyl (C=O) groups is 2. The summed E-state index contributed by atoms with van der Waals surface area (Å²) in [5.74, 6) is -1.29. The maximum atomic E-state index is 13.5. The van der Waals surface area contributed by atoms with Crippen LogP contribution in [0.5, 0.6) is 0 Å². The molecule has 38 heavy (non-hydrogen) atoms. The second-order valence-corrected chi connectivity index (χ2v) is 8.41. The normalized spacial score (nSPS) is 12.3. The van der Waals surface area contributed by atoms with E-state index in [9.17, 15) is 27.9 Å². The quantitative estimate of drug-likeness (QED) is 0.193. The van der Waals surface area contributed by atoms with E-state index in [0.717, 1.165) is 7.11 Å². The Balaban J connectivity index is 1.81. The Morgan fingerprint density at radius 2 is 1.87 bits per heavy atom. The van der Waals surface area contributed by atoms with Gasteiger partial charge in [0.1, 0.15) is 11.9 Å². The van der Waals surface area contributed by atoms with Gasteiger partial charge in [-0.2, -0.15) is 23.7 Å². The minimum atomic E-state index is -4.88. The molecule has 198 valence electrons. The first-order valence-electron chi connectivity index (χ1n) is 10.6. The molecule has 0 aliphatic heterocycles. The average Bonchev–Trinajstić information content (AvgIpc) is 3.35. The highest BCUT2D eigenvalue weighted by Crippen LogP contribution is 2.38. The number of hydrogen-bond acceptors (Lipinski definition) is 7. The van der Waals surface area contributed by atoms with Crippen molar-refractivity contribution in [3.05, 3.63) is 81.7 Å². The molecule has 0 aliphatic carbocycles. The first-order valence-corrected chi connectivity index (χ1v) is 11.3. The van der Waals surface area contributed by atoms with E-state index in [1.165, 1.54) is 24.4 Å². The van der Waals surface area contributed by atoms with Gasteiger partial charge in [-0.25, -0.2) is 14.5 Å². The lowest BCUT2D eigenvalue weighted by atomic mass is 10.0. The number of benzene rings is 2. The zero-order valence-corrected chi connectivity index (χ0v) is 20.7. The predicted molar refractivity (Wildman–Crippen MR) is 132 cm³/mol. The number of anilines is 1. The van der Waals surface area contributed by atoms with Gasteiger partial charge in [0.2, 0.25) is 0 Å². The highest BCUT2D eigenvalue weighted by molar-refractivity contribution is 6.39. The van der Waals surface area contributed by atoms with Crippen LogP contribution < -0.4 is 16.2 Å². The lowest BCUT2D eigenvalue weighted by Gasteiger charge is -2.20. The molecule has 0 saturated heterocycles. The first-order chi connectivity index (χ1) is 18.0. The largest absolute Gasteiger partial charge is 0.452 e. The van der Waals surface area contributed by atoms with Crippen LogP contribution in [0.4, 0.5) is 23.7 Å². The fourth-order valence-electron chi connectivity index (χ4n) is 3.48. The van der Waals surface area contributed by atoms with Gasteiger partial charge >= 0.3 is 12.3 Å². The molecule has 0 bridgehead atoms. The summed E-state index contributed by atoms with van der Waals surface area (Å²) in [4.78, 5) is 28.8. The van der Waals surface area contributed by atoms with Gasteiger partial charge in [-0.05, 0) is 23.6 Å². The number of pyridine rings is 1. The van der Waals surface area contributed by atoms with E-state index in [1.807, 2.05) is 0 Å². The Labute approximate surface area is 222 Å². The molecular formula is C23H17Cl2F3N6O4. The zero-order chi connectivity index (χ0) is 27.6. The maximum Gasteiger partial charge on any atom is 0.435 e. The molecule has 4 aromatic rings. The number of nitrogens with one attached hydrogen (secondary N) is 3. The van der Waals surface area contributed by atoms with Crippen molar-refractivity contribution in [2.45, 2.75) is 12.4 Å². The van der Waals surface area contributed by atoms with Crippen LogP contribution in [-0.2, 0) is 10.9 Å². The number of rotatable bonds is 6. The molecule has 2 aromatic heterocycles. The van der Waals surface area contributed by atoms with Gasteiger partial charge < -0.3 is 15.2 Å². The van der Waals surface area contributed by atoms with E-state index in [-0.39, 0.29) is 27.1 Å². The minimum absolute atomic E-state index is 0.0172. The third kappa shape index (κ3) is 5.50. The smallest absolute Gasteiger partial charge is 0.435 e. The Bertz CT molecular complexity index is 1530. The summed E-state index contributed by atoms with van der Waals surface area (Å²) in [6.45, 7) is 0. The fraction of sp³-hybridized carbons (Fsp3) is 0.130. The van der Waals surface area contributed by atoms with E-state index in [0.29, 0.717) is 21.5 Å². The van der Waals surface area contributed by atoms with Crippen molar-refractivity contribution in [1.82, 2.24) is 25.6 Å². The van der Waals surface area contributed by atoms with E-state index >= 15 is 0 Å². The molecule has 2 heterocycles. The Kier molecular flexibility index (Phi) is 7.73. The van der Waals surface area contributed by atoms with Gasteiger partial charge in [0, 0.05) is 23.2 Å². The number of alkyl halides is 3. The van der Waals surface area contributed by atoms with Crippen LogP contribution in [0.2, 0.25) is 10.0 Å². The van der Waals surface area contributed by atoms with Crippen molar-refractivity contribution in [3.63, 3.8) is 0 Å². The Morgan fingerprint density at radius 1 is 1.13 bits per heavy atom. The van der Waals surface area contributed by atoms with Gasteiger partial charge in [0.05, 0.1) is 22.8 Å². The Hall–Kier alpha value is -3.91. The predicted octanol–water partition coefficient (Wildman–Crippen LogP) is 4.85. The summed E-state index contributed by atoms with van der Waals surface area (Å²) >= 11 is 12.7. The zero-order valence-electron chi connectivity index (χ0n) is 19.2. The molecule has 4 rings (SSSR count). The molecule has 2 aromatic carbocycles. The fourth-order valence-corrected chi connectivity index (χ4v) is 4.01. The molecule has 15 heteroatoms. The van der Waals surface area contributed by atoms with Crippen LogP contribution in [0.25, 0.3) is 16.6 Å². The SMILES string of the molecule is COC(=O)NNC(O)c1cc2ccccc2c(Cl)c1NC(=O)c1cc(C(F)(F)F)nn1-c1ncccc1Cl. The van der Waals surface area contributed by atoms with Crippen molar-refractivity contribution in [2.24, 2.45) is 0 Å². The second kappa shape index (κ2) is 10.8. The number of nitrogens with zero attached hydrogens (tertiary/aromatic N) is 3. The van der Waals surface area contributed by atoms with Crippen LogP contribution >= 0.6 is 23.2 Å². The topological polar surface area (TPSA) is 130 Å². The molecule has 0 radical (unpaired) electrons. The monoisotopic (exact) mass is 568 g/mol. The first kappa shape index (κ1) is 27.1. The number of fused-ring (bicyclic) bond motifs is 1. The van der Waals surface area contributed by atoms with E-state index in [1.54, 1.807) is 24.3 Å². The number of aromatic nitrogens is 3. The summed E-state index contributed by atoms with van der Waals surface area (Å²) in [5.41, 5.74) is 2.29. The Morgan fingerprint density at radius 3 is 2.55 bits per heavy atom. The number of hydrogen-bond donors (Lipinski definition) is 4. The highest BCUT2D eigenvalue weighted by Gasteiger charge is 2.37. The molecule has 0 aliphatic rings. The molecule has 2 amide bonds. The summed E-state index contributed by atoms with van der Waals surface area (Å²) in [6.07, 6.45) is -6.16. The average molecular weight is 569 g/mol. The third-order valence-electron chi connectivity index (χ3n) is 5.22. The minimum Gasteiger partial charge on any atom is -0.452 e. The van der Waals surface area contributed by atoms with Gasteiger partial charge in [0.15, 0.2) is 11.5 Å². The lowest BCUT2D eigenvalue weighted by molar-refractivity contribution is -0.141. The highest BCUT2D eigenvalue weighted by atomic mass is 35.5. The van der Waals surface area contributed by atoms with Crippen molar-refractivity contribution < 1.29 is 32.6 Å². The molecule has 4 N–H and O–H groups in total. The molecule has 0 saturated carbocycles. The number of carbonyl (C=O) groups excluding carboxylic acids is 2. The van der Waals surface area contributed by atoms with Crippen molar-refractivity contribution in [1.29, 1.82) is 0 Å². The molecule has 10 nitrogen and oxygen atoms in total. The summed E-state index contributed by atoms with van der Waals surface area (Å²) in [7, 11) is 1.11. The lowest BCUT2D eigenvalue weighted by Crippen LogP contribution is -2.40. The molecule has 0 fully saturated rings. The number of aliphatic hydroxyl groups excluding tert-OH is 1. The number of methoxy groups -OCH3 is 1. The second-order valence-electron chi connectivity index (χ2n) is 7.63. The maximum absolute atomic E-state index is 13.5. The summed E-state index contributed by atoms with van der Waals surface area (Å²) in [6, 6.07) is 11.5. The summed E-state index contributed by atoms with van der Waals surface area (Å²) in [5, 5.41) is 17.6. The van der Waals surface area contributed by atoms with Crippen LogP contribution in [0.15, 0.2) is 54.7 Å². The molecule has 1 unspecified atom stereocenters. The third-order valence-corrected chi connectivity index (χ3v) is 5.91. The van der Waals surface area contributed by atoms with Crippen molar-refractivity contribution in [2.75, 3.05) is 12.4 Å². The number of aliphatic hydroxyl groups is 1. The van der Waals surface area contributed by atoms with Crippen LogP contribution in [0.1, 0.15) is 28.0 Å². The van der Waals surface area contributed by atoms with Crippen molar-refractivity contribution in [3.8, 4) is 5.82 Å². The number of halogens is 5. The summed E-state index contributed by atoms with van der Waals surface area (Å²) < 4.78 is 45.6. The van der Waals surface area contributed by atoms with E-state index in [2.05, 4.69) is 31.0 Å². The van der Waals surface area contributed by atoms with E-state index in [4.69, 9.17) is 23.2 Å². The van der Waals surface area contributed by atoms with Gasteiger partial charge in [-0.15, -0.1) is 0 Å². The van der Waals surface area contributed by atoms with Crippen molar-refractivity contribution >= 4 is 51.7 Å². The van der Waals surface area contributed by atoms with Crippen LogP contribution in [-0.4, -0.2) is 39.0 Å². The van der Waals surface area contributed by atoms with Gasteiger partial charge in [-0.1, -0.05) is 47.5 Å². The van der Waals surface area contributed by atoms with Crippen LogP contribution in [0, 0.1) is 0 Å².